The average molecular weight is 643 g/mol. The quantitative estimate of drug-likeness (QED) is 0.187. The van der Waals surface area contributed by atoms with Crippen molar-refractivity contribution in [3.8, 4) is 23.6 Å². The van der Waals surface area contributed by atoms with Crippen molar-refractivity contribution in [2.75, 3.05) is 19.8 Å². The Balaban J connectivity index is 0.000000602. The number of fused-ring (bicyclic) bond motifs is 6. The minimum Gasteiger partial charge on any atom is -0.436 e. The molecule has 0 radical (unpaired) electrons. The van der Waals surface area contributed by atoms with E-state index in [4.69, 9.17) is 36.3 Å². The fraction of sp³-hybridized carbons (Fsp3) is 0.222. The molecule has 0 aromatic heterocycles. The topological polar surface area (TPSA) is 179 Å². The van der Waals surface area contributed by atoms with Crippen molar-refractivity contribution >= 4 is 10.8 Å². The number of benzene rings is 4. The van der Waals surface area contributed by atoms with E-state index in [-0.39, 0.29) is 54.2 Å². The second-order valence-electron chi connectivity index (χ2n) is 9.93. The Morgan fingerprint density at radius 1 is 0.617 bits per heavy atom. The predicted molar refractivity (Wildman–Crippen MR) is 174 cm³/mol. The van der Waals surface area contributed by atoms with E-state index >= 15 is 0 Å². The second-order valence-corrected chi connectivity index (χ2v) is 9.93. The molecule has 244 valence electrons. The molecule has 11 heteroatoms. The van der Waals surface area contributed by atoms with Gasteiger partial charge in [0.1, 0.15) is 34.9 Å². The molecule has 2 unspecified atom stereocenters. The fourth-order valence-electron chi connectivity index (χ4n) is 5.34. The van der Waals surface area contributed by atoms with Crippen LogP contribution in [0.2, 0.25) is 0 Å². The molecule has 0 saturated carbocycles. The number of rotatable bonds is 2. The third-order valence-electron chi connectivity index (χ3n) is 6.96. The molecular formula is C36H36F2N4O5. The summed E-state index contributed by atoms with van der Waals surface area (Å²) in [5, 5.41) is 44.2. The Morgan fingerprint density at radius 3 is 1.19 bits per heavy atom. The average Bonchev–Trinajstić information content (AvgIpc) is 3.06. The van der Waals surface area contributed by atoms with Gasteiger partial charge in [-0.05, 0) is 66.9 Å². The summed E-state index contributed by atoms with van der Waals surface area (Å²) in [5.41, 5.74) is 15.3. The second kappa shape index (κ2) is 16.7. The highest BCUT2D eigenvalue weighted by Crippen LogP contribution is 2.56. The van der Waals surface area contributed by atoms with Gasteiger partial charge < -0.3 is 36.3 Å². The van der Waals surface area contributed by atoms with Crippen LogP contribution in [0.4, 0.5) is 8.78 Å². The summed E-state index contributed by atoms with van der Waals surface area (Å²) in [6, 6.07) is 23.4. The number of nitrogens with zero attached hydrogens (tertiary/aromatic N) is 2. The van der Waals surface area contributed by atoms with Crippen molar-refractivity contribution in [2.24, 2.45) is 11.5 Å². The van der Waals surface area contributed by atoms with Crippen LogP contribution in [0.1, 0.15) is 54.9 Å². The molecule has 2 heterocycles. The van der Waals surface area contributed by atoms with Crippen LogP contribution in [0, 0.1) is 34.3 Å². The molecule has 2 aliphatic rings. The van der Waals surface area contributed by atoms with Gasteiger partial charge in [0, 0.05) is 30.9 Å². The highest BCUT2D eigenvalue weighted by molar-refractivity contribution is 5.97. The fourth-order valence-corrected chi connectivity index (χ4v) is 5.34. The number of hydrogen-bond acceptors (Lipinski definition) is 9. The Hall–Kier alpha value is -5.46. The van der Waals surface area contributed by atoms with E-state index in [0.29, 0.717) is 22.3 Å². The molecule has 7 N–H and O–H groups in total. The molecular weight excluding hydrogens is 606 g/mol. The van der Waals surface area contributed by atoms with Gasteiger partial charge in [0.15, 0.2) is 11.5 Å². The highest BCUT2D eigenvalue weighted by atomic mass is 19.1. The van der Waals surface area contributed by atoms with Crippen LogP contribution in [0.25, 0.3) is 10.8 Å². The first-order chi connectivity index (χ1) is 22.7. The number of nitrogens with two attached hydrogens (primary N) is 2. The van der Waals surface area contributed by atoms with Crippen molar-refractivity contribution < 1.29 is 33.6 Å². The Bertz CT molecular complexity index is 1710. The summed E-state index contributed by atoms with van der Waals surface area (Å²) in [6.45, 7) is 5.79. The Kier molecular flexibility index (Phi) is 12.8. The smallest absolute Gasteiger partial charge is 0.205 e. The lowest BCUT2D eigenvalue weighted by Crippen LogP contribution is -2.26. The van der Waals surface area contributed by atoms with Crippen LogP contribution >= 0.6 is 0 Å². The maximum absolute atomic E-state index is 13.8. The summed E-state index contributed by atoms with van der Waals surface area (Å²) in [6.07, 6.45) is 0. The maximum atomic E-state index is 13.8. The van der Waals surface area contributed by atoms with Crippen molar-refractivity contribution in [2.45, 2.75) is 32.6 Å². The number of ether oxygens (including phenoxy) is 2. The van der Waals surface area contributed by atoms with E-state index in [2.05, 4.69) is 12.1 Å². The predicted octanol–water partition coefficient (Wildman–Crippen LogP) is 5.55. The zero-order valence-electron chi connectivity index (χ0n) is 26.2. The van der Waals surface area contributed by atoms with E-state index in [1.54, 1.807) is 45.0 Å². The van der Waals surface area contributed by atoms with Crippen LogP contribution in [0.3, 0.4) is 0 Å². The monoisotopic (exact) mass is 642 g/mol. The number of aliphatic hydroxyl groups is 3. The summed E-state index contributed by atoms with van der Waals surface area (Å²) in [5.74, 6) is -1.96. The van der Waals surface area contributed by atoms with Crippen molar-refractivity contribution in [1.29, 1.82) is 10.5 Å². The zero-order chi connectivity index (χ0) is 34.7. The molecule has 47 heavy (non-hydrogen) atoms. The molecule has 9 nitrogen and oxygen atoms in total. The molecule has 0 saturated heterocycles. The van der Waals surface area contributed by atoms with Gasteiger partial charge in [0.25, 0.3) is 0 Å². The molecule has 6 rings (SSSR count). The number of hydrogen-bond donors (Lipinski definition) is 5. The summed E-state index contributed by atoms with van der Waals surface area (Å²) in [4.78, 5) is 0. The Morgan fingerprint density at radius 2 is 0.915 bits per heavy atom. The van der Waals surface area contributed by atoms with Crippen LogP contribution in [-0.2, 0) is 0 Å². The van der Waals surface area contributed by atoms with Gasteiger partial charge in [-0.3, -0.25) is 0 Å². The SMILES string of the molecule is CCO.CCO.CCO.N#CC1=C(N)Oc2c3c(c4ccccc4c2C1c1ccc(F)cc1)C(c1ccc(F)cc1)C(C#N)=C(N)O3. The standard InChI is InChI=1S/C30H18F2N4O2.3C2H6O/c31-17-9-5-15(6-10-17)23-21(13-33)29(35)37-27-25(23)19-3-1-2-4-20(19)26-24(16-7-11-18(32)12-8-16)22(14-34)30(36)38-28(26)27;3*1-2-3/h1-12,23-24H,35-36H2;3*3H,2H2,1H3. The molecule has 2 atom stereocenters. The first-order valence-corrected chi connectivity index (χ1v) is 14.7. The molecule has 4 aromatic rings. The lowest BCUT2D eigenvalue weighted by atomic mass is 9.76. The molecule has 0 spiro atoms. The largest absolute Gasteiger partial charge is 0.436 e. The molecule has 0 amide bonds. The van der Waals surface area contributed by atoms with Gasteiger partial charge in [-0.2, -0.15) is 10.5 Å². The van der Waals surface area contributed by atoms with Crippen LogP contribution in [-0.4, -0.2) is 35.1 Å². The van der Waals surface area contributed by atoms with Crippen LogP contribution < -0.4 is 20.9 Å². The normalized spacial score (nSPS) is 15.8. The molecule has 0 bridgehead atoms. The lowest BCUT2D eigenvalue weighted by molar-refractivity contribution is 0.318. The summed E-state index contributed by atoms with van der Waals surface area (Å²) in [7, 11) is 0. The zero-order valence-corrected chi connectivity index (χ0v) is 26.2. The van der Waals surface area contributed by atoms with Crippen molar-refractivity contribution in [3.63, 3.8) is 0 Å². The minimum absolute atomic E-state index is 0.123. The van der Waals surface area contributed by atoms with Crippen molar-refractivity contribution in [3.05, 3.63) is 130 Å². The van der Waals surface area contributed by atoms with Crippen LogP contribution in [0.15, 0.2) is 95.7 Å². The highest BCUT2D eigenvalue weighted by Gasteiger charge is 2.41. The maximum Gasteiger partial charge on any atom is 0.205 e. The van der Waals surface area contributed by atoms with Gasteiger partial charge in [0.05, 0.1) is 11.8 Å². The van der Waals surface area contributed by atoms with Gasteiger partial charge in [-0.1, -0.05) is 48.5 Å². The number of halogens is 2. The lowest BCUT2D eigenvalue weighted by Gasteiger charge is -2.34. The van der Waals surface area contributed by atoms with Crippen molar-refractivity contribution in [1.82, 2.24) is 0 Å². The minimum atomic E-state index is -0.685. The van der Waals surface area contributed by atoms with E-state index in [1.165, 1.54) is 24.3 Å². The molecule has 0 aliphatic carbocycles. The van der Waals surface area contributed by atoms with Gasteiger partial charge in [-0.25, -0.2) is 8.78 Å². The van der Waals surface area contributed by atoms with E-state index in [0.717, 1.165) is 10.8 Å². The van der Waals surface area contributed by atoms with Gasteiger partial charge in [-0.15, -0.1) is 0 Å². The van der Waals surface area contributed by atoms with Gasteiger partial charge in [0.2, 0.25) is 11.8 Å². The van der Waals surface area contributed by atoms with E-state index in [9.17, 15) is 19.3 Å². The summed E-state index contributed by atoms with van der Waals surface area (Å²) < 4.78 is 39.7. The first-order valence-electron chi connectivity index (χ1n) is 14.7. The van der Waals surface area contributed by atoms with E-state index < -0.39 is 23.5 Å². The number of nitriles is 2. The van der Waals surface area contributed by atoms with E-state index in [1.807, 2.05) is 24.3 Å². The third kappa shape index (κ3) is 7.51. The molecule has 4 aromatic carbocycles. The number of aliphatic hydroxyl groups excluding tert-OH is 3. The van der Waals surface area contributed by atoms with Gasteiger partial charge >= 0.3 is 0 Å². The first kappa shape index (κ1) is 36.0. The number of allylic oxidation sites excluding steroid dienone is 2. The summed E-state index contributed by atoms with van der Waals surface area (Å²) >= 11 is 0. The molecule has 0 fully saturated rings. The van der Waals surface area contributed by atoms with Crippen LogP contribution in [0.5, 0.6) is 11.5 Å². The molecule has 2 aliphatic heterocycles. The third-order valence-corrected chi connectivity index (χ3v) is 6.96. The Labute approximate surface area is 271 Å².